The van der Waals surface area contributed by atoms with Gasteiger partial charge in [-0.3, -0.25) is 4.79 Å². The van der Waals surface area contributed by atoms with Gasteiger partial charge in [-0.05, 0) is 20.3 Å². The van der Waals surface area contributed by atoms with Crippen molar-refractivity contribution >= 4 is 5.97 Å². The number of esters is 1. The summed E-state index contributed by atoms with van der Waals surface area (Å²) in [7, 11) is 0. The molecule has 0 heterocycles. The molecule has 0 aliphatic rings. The predicted molar refractivity (Wildman–Crippen MR) is 59.1 cm³/mol. The maximum absolute atomic E-state index is 11.5. The summed E-state index contributed by atoms with van der Waals surface area (Å²) in [6.45, 7) is 10.2. The Hall–Kier alpha value is -0.790. The van der Waals surface area contributed by atoms with Crippen LogP contribution in [0.25, 0.3) is 0 Å². The molecule has 0 aliphatic carbocycles. The first-order valence-electron chi connectivity index (χ1n) is 5.45. The summed E-state index contributed by atoms with van der Waals surface area (Å²) in [5.74, 6) is -0.211. The standard InChI is InChI=1S/C12H22O2/c1-5-7-8-9-11(10(3)4)12(13)14-6-2/h11H,3,5-9H2,1-2,4H3. The molecular formula is C12H22O2. The summed E-state index contributed by atoms with van der Waals surface area (Å²) in [6.07, 6.45) is 4.30. The lowest BCUT2D eigenvalue weighted by Gasteiger charge is -2.14. The largest absolute Gasteiger partial charge is 0.466 e. The molecule has 2 heteroatoms. The van der Waals surface area contributed by atoms with Crippen molar-refractivity contribution in [1.29, 1.82) is 0 Å². The molecule has 0 radical (unpaired) electrons. The Balaban J connectivity index is 4.01. The van der Waals surface area contributed by atoms with Crippen LogP contribution in [0.1, 0.15) is 46.5 Å². The van der Waals surface area contributed by atoms with Crippen molar-refractivity contribution in [3.05, 3.63) is 12.2 Å². The molecule has 0 aromatic carbocycles. The number of unbranched alkanes of at least 4 members (excludes halogenated alkanes) is 2. The van der Waals surface area contributed by atoms with Crippen LogP contribution in [-0.2, 0) is 9.53 Å². The molecule has 0 bridgehead atoms. The van der Waals surface area contributed by atoms with Gasteiger partial charge in [0.2, 0.25) is 0 Å². The third-order valence-corrected chi connectivity index (χ3v) is 2.26. The van der Waals surface area contributed by atoms with Crippen molar-refractivity contribution in [1.82, 2.24) is 0 Å². The zero-order valence-electron chi connectivity index (χ0n) is 9.64. The highest BCUT2D eigenvalue weighted by molar-refractivity contribution is 5.75. The van der Waals surface area contributed by atoms with Gasteiger partial charge in [0.15, 0.2) is 0 Å². The highest BCUT2D eigenvalue weighted by Gasteiger charge is 2.19. The summed E-state index contributed by atoms with van der Waals surface area (Å²) >= 11 is 0. The Morgan fingerprint density at radius 1 is 1.36 bits per heavy atom. The second kappa shape index (κ2) is 7.60. The molecule has 1 atom stereocenters. The minimum absolute atomic E-state index is 0.0958. The third-order valence-electron chi connectivity index (χ3n) is 2.26. The summed E-state index contributed by atoms with van der Waals surface area (Å²) in [6, 6.07) is 0. The van der Waals surface area contributed by atoms with Gasteiger partial charge in [0.05, 0.1) is 12.5 Å². The fourth-order valence-electron chi connectivity index (χ4n) is 1.41. The molecule has 0 spiro atoms. The molecule has 0 aromatic heterocycles. The van der Waals surface area contributed by atoms with Gasteiger partial charge in [-0.1, -0.05) is 38.3 Å². The molecule has 0 N–H and O–H groups in total. The summed E-state index contributed by atoms with van der Waals surface area (Å²) in [4.78, 5) is 11.5. The molecule has 0 rings (SSSR count). The van der Waals surface area contributed by atoms with E-state index in [2.05, 4.69) is 13.5 Å². The molecule has 0 aliphatic heterocycles. The Labute approximate surface area is 87.3 Å². The average molecular weight is 198 g/mol. The number of carbonyl (C=O) groups excluding carboxylic acids is 1. The van der Waals surface area contributed by atoms with Crippen LogP contribution < -0.4 is 0 Å². The van der Waals surface area contributed by atoms with Crippen LogP contribution >= 0.6 is 0 Å². The quantitative estimate of drug-likeness (QED) is 0.356. The van der Waals surface area contributed by atoms with Crippen molar-refractivity contribution in [3.8, 4) is 0 Å². The molecular weight excluding hydrogens is 176 g/mol. The second-order valence-corrected chi connectivity index (χ2v) is 3.65. The minimum Gasteiger partial charge on any atom is -0.466 e. The van der Waals surface area contributed by atoms with Gasteiger partial charge >= 0.3 is 5.97 Å². The van der Waals surface area contributed by atoms with Gasteiger partial charge in [-0.15, -0.1) is 0 Å². The highest BCUT2D eigenvalue weighted by atomic mass is 16.5. The predicted octanol–water partition coefficient (Wildman–Crippen LogP) is 3.32. The molecule has 0 saturated heterocycles. The Morgan fingerprint density at radius 3 is 2.43 bits per heavy atom. The van der Waals surface area contributed by atoms with Crippen LogP contribution in [0.15, 0.2) is 12.2 Å². The normalized spacial score (nSPS) is 12.2. The molecule has 0 fully saturated rings. The fourth-order valence-corrected chi connectivity index (χ4v) is 1.41. The van der Waals surface area contributed by atoms with E-state index < -0.39 is 0 Å². The number of ether oxygens (including phenoxy) is 1. The topological polar surface area (TPSA) is 26.3 Å². The first-order chi connectivity index (χ1) is 6.63. The average Bonchev–Trinajstić information content (AvgIpc) is 2.12. The molecule has 82 valence electrons. The summed E-state index contributed by atoms with van der Waals surface area (Å²) < 4.78 is 5.00. The summed E-state index contributed by atoms with van der Waals surface area (Å²) in [5.41, 5.74) is 0.916. The van der Waals surface area contributed by atoms with Gasteiger partial charge in [0.25, 0.3) is 0 Å². The Kier molecular flexibility index (Phi) is 7.17. The zero-order valence-corrected chi connectivity index (χ0v) is 9.64. The van der Waals surface area contributed by atoms with Crippen LogP contribution in [-0.4, -0.2) is 12.6 Å². The third kappa shape index (κ3) is 5.05. The van der Waals surface area contributed by atoms with Gasteiger partial charge in [0, 0.05) is 0 Å². The second-order valence-electron chi connectivity index (χ2n) is 3.65. The zero-order chi connectivity index (χ0) is 11.0. The van der Waals surface area contributed by atoms with Crippen molar-refractivity contribution in [3.63, 3.8) is 0 Å². The fraction of sp³-hybridized carbons (Fsp3) is 0.750. The van der Waals surface area contributed by atoms with E-state index in [1.807, 2.05) is 13.8 Å². The molecule has 0 saturated carbocycles. The van der Waals surface area contributed by atoms with E-state index in [1.54, 1.807) is 0 Å². The van der Waals surface area contributed by atoms with Gasteiger partial charge in [-0.2, -0.15) is 0 Å². The van der Waals surface area contributed by atoms with Crippen LogP contribution in [0.3, 0.4) is 0 Å². The van der Waals surface area contributed by atoms with E-state index in [1.165, 1.54) is 12.8 Å². The van der Waals surface area contributed by atoms with E-state index in [4.69, 9.17) is 4.74 Å². The highest BCUT2D eigenvalue weighted by Crippen LogP contribution is 2.18. The van der Waals surface area contributed by atoms with Crippen molar-refractivity contribution in [2.75, 3.05) is 6.61 Å². The molecule has 1 unspecified atom stereocenters. The van der Waals surface area contributed by atoms with E-state index in [-0.39, 0.29) is 11.9 Å². The van der Waals surface area contributed by atoms with Crippen molar-refractivity contribution in [2.45, 2.75) is 46.5 Å². The van der Waals surface area contributed by atoms with Crippen molar-refractivity contribution in [2.24, 2.45) is 5.92 Å². The van der Waals surface area contributed by atoms with E-state index >= 15 is 0 Å². The summed E-state index contributed by atoms with van der Waals surface area (Å²) in [5, 5.41) is 0. The first-order valence-corrected chi connectivity index (χ1v) is 5.45. The maximum Gasteiger partial charge on any atom is 0.313 e. The van der Waals surface area contributed by atoms with Crippen molar-refractivity contribution < 1.29 is 9.53 Å². The molecule has 2 nitrogen and oxygen atoms in total. The smallest absolute Gasteiger partial charge is 0.313 e. The molecule has 0 aromatic rings. The number of carbonyl (C=O) groups is 1. The molecule has 14 heavy (non-hydrogen) atoms. The van der Waals surface area contributed by atoms with Gasteiger partial charge < -0.3 is 4.74 Å². The van der Waals surface area contributed by atoms with Crippen LogP contribution in [0.5, 0.6) is 0 Å². The maximum atomic E-state index is 11.5. The Bertz CT molecular complexity index is 185. The lowest BCUT2D eigenvalue weighted by Crippen LogP contribution is -2.18. The SMILES string of the molecule is C=C(C)C(CCCCC)C(=O)OCC. The van der Waals surface area contributed by atoms with E-state index in [0.717, 1.165) is 18.4 Å². The first kappa shape index (κ1) is 13.2. The van der Waals surface area contributed by atoms with E-state index in [0.29, 0.717) is 6.61 Å². The minimum atomic E-state index is -0.115. The van der Waals surface area contributed by atoms with E-state index in [9.17, 15) is 4.79 Å². The molecule has 0 amide bonds. The number of hydrogen-bond donors (Lipinski definition) is 0. The van der Waals surface area contributed by atoms with Crippen LogP contribution in [0.4, 0.5) is 0 Å². The lowest BCUT2D eigenvalue weighted by molar-refractivity contribution is -0.146. The Morgan fingerprint density at radius 2 is 2.00 bits per heavy atom. The van der Waals surface area contributed by atoms with Crippen LogP contribution in [0.2, 0.25) is 0 Å². The number of rotatable bonds is 7. The number of hydrogen-bond acceptors (Lipinski definition) is 2. The van der Waals surface area contributed by atoms with Gasteiger partial charge in [-0.25, -0.2) is 0 Å². The monoisotopic (exact) mass is 198 g/mol. The van der Waals surface area contributed by atoms with Crippen LogP contribution in [0, 0.1) is 5.92 Å². The lowest BCUT2D eigenvalue weighted by atomic mass is 9.95. The van der Waals surface area contributed by atoms with Gasteiger partial charge in [0.1, 0.15) is 0 Å².